The van der Waals surface area contributed by atoms with Gasteiger partial charge < -0.3 is 15.8 Å². The lowest BCUT2D eigenvalue weighted by Gasteiger charge is -2.17. The highest BCUT2D eigenvalue weighted by molar-refractivity contribution is 5.85. The molecule has 2 aromatic rings. The minimum absolute atomic E-state index is 0. The highest BCUT2D eigenvalue weighted by Gasteiger charge is 2.21. The summed E-state index contributed by atoms with van der Waals surface area (Å²) in [6, 6.07) is 17.1. The summed E-state index contributed by atoms with van der Waals surface area (Å²) in [5, 5.41) is 2.81. The highest BCUT2D eigenvalue weighted by atomic mass is 35.5. The van der Waals surface area contributed by atoms with Gasteiger partial charge in [0.1, 0.15) is 0 Å². The minimum atomic E-state index is -0.432. The number of benzene rings is 2. The van der Waals surface area contributed by atoms with Gasteiger partial charge in [0.15, 0.2) is 0 Å². The van der Waals surface area contributed by atoms with E-state index in [1.54, 1.807) is 0 Å². The molecule has 0 aliphatic rings. The molecule has 5 nitrogen and oxygen atoms in total. The number of hydrogen-bond acceptors (Lipinski definition) is 4. The summed E-state index contributed by atoms with van der Waals surface area (Å²) < 4.78 is 4.88. The van der Waals surface area contributed by atoms with Crippen molar-refractivity contribution in [1.82, 2.24) is 5.32 Å². The van der Waals surface area contributed by atoms with Crippen LogP contribution in [0.5, 0.6) is 0 Å². The molecule has 2 rings (SSSR count). The van der Waals surface area contributed by atoms with Crippen LogP contribution in [0.3, 0.4) is 0 Å². The molecule has 0 spiro atoms. The molecule has 1 amide bonds. The molecule has 0 saturated carbocycles. The lowest BCUT2D eigenvalue weighted by Crippen LogP contribution is -2.36. The Morgan fingerprint density at radius 2 is 1.81 bits per heavy atom. The number of halogens is 1. The second-order valence-corrected chi connectivity index (χ2v) is 6.44. The van der Waals surface area contributed by atoms with E-state index in [0.717, 1.165) is 16.7 Å². The topological polar surface area (TPSA) is 81.4 Å². The molecular weight excluding hydrogens is 364 g/mol. The largest absolute Gasteiger partial charge is 0.469 e. The Morgan fingerprint density at radius 1 is 1.11 bits per heavy atom. The Bertz CT molecular complexity index is 737. The molecule has 0 radical (unpaired) electrons. The zero-order valence-electron chi connectivity index (χ0n) is 15.7. The third kappa shape index (κ3) is 7.41. The molecule has 3 N–H and O–H groups in total. The van der Waals surface area contributed by atoms with Crippen molar-refractivity contribution in [3.05, 3.63) is 71.3 Å². The molecule has 0 saturated heterocycles. The van der Waals surface area contributed by atoms with Crippen molar-refractivity contribution in [3.8, 4) is 0 Å². The number of carbonyl (C=O) groups is 2. The van der Waals surface area contributed by atoms with Gasteiger partial charge in [-0.2, -0.15) is 0 Å². The number of ether oxygens (including phenoxy) is 1. The van der Waals surface area contributed by atoms with Crippen LogP contribution in [0.25, 0.3) is 0 Å². The van der Waals surface area contributed by atoms with E-state index in [1.807, 2.05) is 61.5 Å². The van der Waals surface area contributed by atoms with E-state index >= 15 is 0 Å². The molecule has 0 aromatic heterocycles. The third-order valence-electron chi connectivity index (χ3n) is 4.28. The Morgan fingerprint density at radius 3 is 2.44 bits per heavy atom. The fraction of sp³-hybridized carbons (Fsp3) is 0.333. The van der Waals surface area contributed by atoms with Crippen molar-refractivity contribution >= 4 is 24.3 Å². The zero-order valence-corrected chi connectivity index (χ0v) is 16.5. The predicted octanol–water partition coefficient (Wildman–Crippen LogP) is 2.95. The van der Waals surface area contributed by atoms with E-state index in [-0.39, 0.29) is 43.3 Å². The number of nitrogens with two attached hydrogens (primary N) is 1. The van der Waals surface area contributed by atoms with E-state index in [2.05, 4.69) is 5.32 Å². The van der Waals surface area contributed by atoms with Gasteiger partial charge in [-0.05, 0) is 24.5 Å². The summed E-state index contributed by atoms with van der Waals surface area (Å²) in [5.41, 5.74) is 9.15. The van der Waals surface area contributed by atoms with Gasteiger partial charge in [-0.1, -0.05) is 60.2 Å². The second kappa shape index (κ2) is 11.4. The van der Waals surface area contributed by atoms with E-state index < -0.39 is 5.92 Å². The van der Waals surface area contributed by atoms with Gasteiger partial charge >= 0.3 is 5.97 Å². The zero-order chi connectivity index (χ0) is 18.9. The van der Waals surface area contributed by atoms with Gasteiger partial charge in [0, 0.05) is 19.0 Å². The first-order valence-corrected chi connectivity index (χ1v) is 8.70. The molecule has 27 heavy (non-hydrogen) atoms. The predicted molar refractivity (Wildman–Crippen MR) is 109 cm³/mol. The van der Waals surface area contributed by atoms with E-state index in [4.69, 9.17) is 10.5 Å². The maximum atomic E-state index is 12.2. The summed E-state index contributed by atoms with van der Waals surface area (Å²) in [6.45, 7) is 2.23. The van der Waals surface area contributed by atoms with Gasteiger partial charge in [0.25, 0.3) is 0 Å². The molecule has 146 valence electrons. The molecular formula is C21H27ClN2O3. The van der Waals surface area contributed by atoms with Gasteiger partial charge in [0.05, 0.1) is 13.0 Å². The average molecular weight is 391 g/mol. The summed E-state index contributed by atoms with van der Waals surface area (Å²) in [4.78, 5) is 24.3. The first-order chi connectivity index (χ1) is 12.5. The Kier molecular flexibility index (Phi) is 9.54. The van der Waals surface area contributed by atoms with Gasteiger partial charge in [-0.3, -0.25) is 9.59 Å². The quantitative estimate of drug-likeness (QED) is 0.679. The van der Waals surface area contributed by atoms with Crippen molar-refractivity contribution in [2.75, 3.05) is 13.7 Å². The average Bonchev–Trinajstić information content (AvgIpc) is 2.65. The number of carbonyl (C=O) groups excluding carboxylic acids is 2. The van der Waals surface area contributed by atoms with E-state index in [9.17, 15) is 9.59 Å². The van der Waals surface area contributed by atoms with Crippen LogP contribution in [0.1, 0.15) is 29.2 Å². The highest BCUT2D eigenvalue weighted by Crippen LogP contribution is 2.14. The fourth-order valence-corrected chi connectivity index (χ4v) is 2.86. The van der Waals surface area contributed by atoms with Crippen molar-refractivity contribution in [1.29, 1.82) is 0 Å². The van der Waals surface area contributed by atoms with Crippen molar-refractivity contribution in [2.45, 2.75) is 25.8 Å². The molecule has 0 bridgehead atoms. The van der Waals surface area contributed by atoms with E-state index in [0.29, 0.717) is 6.42 Å². The summed E-state index contributed by atoms with van der Waals surface area (Å²) in [7, 11) is 1.36. The second-order valence-electron chi connectivity index (χ2n) is 6.44. The number of amides is 1. The van der Waals surface area contributed by atoms with Crippen LogP contribution in [-0.4, -0.2) is 25.5 Å². The van der Waals surface area contributed by atoms with Crippen LogP contribution < -0.4 is 11.1 Å². The lowest BCUT2D eigenvalue weighted by molar-refractivity contribution is -0.145. The maximum absolute atomic E-state index is 12.2. The van der Waals surface area contributed by atoms with Crippen molar-refractivity contribution in [3.63, 3.8) is 0 Å². The van der Waals surface area contributed by atoms with Crippen molar-refractivity contribution in [2.24, 2.45) is 11.7 Å². The molecule has 0 fully saturated rings. The Balaban J connectivity index is 0.00000364. The number of rotatable bonds is 8. The Labute approximate surface area is 166 Å². The van der Waals surface area contributed by atoms with Gasteiger partial charge in [0.2, 0.25) is 5.91 Å². The van der Waals surface area contributed by atoms with Gasteiger partial charge in [-0.15, -0.1) is 12.4 Å². The van der Waals surface area contributed by atoms with Crippen molar-refractivity contribution < 1.29 is 14.3 Å². The van der Waals surface area contributed by atoms with E-state index in [1.165, 1.54) is 7.11 Å². The van der Waals surface area contributed by atoms with Gasteiger partial charge in [-0.25, -0.2) is 0 Å². The van der Waals surface area contributed by atoms with Crippen LogP contribution in [-0.2, 0) is 20.7 Å². The Hall–Kier alpha value is -2.37. The molecule has 6 heteroatoms. The normalized spacial score (nSPS) is 12.4. The summed E-state index contributed by atoms with van der Waals surface area (Å²) in [6.07, 6.45) is 0.682. The fourth-order valence-electron chi connectivity index (χ4n) is 2.86. The summed E-state index contributed by atoms with van der Waals surface area (Å²) in [5.74, 6) is -0.947. The molecule has 0 heterocycles. The first kappa shape index (κ1) is 22.7. The molecule has 2 unspecified atom stereocenters. The third-order valence-corrected chi connectivity index (χ3v) is 4.28. The van der Waals surface area contributed by atoms with Crippen LogP contribution in [0, 0.1) is 12.8 Å². The number of esters is 1. The smallest absolute Gasteiger partial charge is 0.310 e. The number of hydrogen-bond donors (Lipinski definition) is 2. The maximum Gasteiger partial charge on any atom is 0.310 e. The SMILES string of the molecule is COC(=O)C(CNC(=O)CC(N)c1ccccc1)Cc1cccc(C)c1.Cl. The number of nitrogens with one attached hydrogen (secondary N) is 1. The number of aryl methyl sites for hydroxylation is 1. The monoisotopic (exact) mass is 390 g/mol. The molecule has 0 aliphatic carbocycles. The molecule has 2 aromatic carbocycles. The van der Waals surface area contributed by atoms with Crippen LogP contribution in [0.2, 0.25) is 0 Å². The van der Waals surface area contributed by atoms with Crippen LogP contribution >= 0.6 is 12.4 Å². The van der Waals surface area contributed by atoms with Crippen LogP contribution in [0.15, 0.2) is 54.6 Å². The van der Waals surface area contributed by atoms with Crippen LogP contribution in [0.4, 0.5) is 0 Å². The first-order valence-electron chi connectivity index (χ1n) is 8.70. The molecule has 0 aliphatic heterocycles. The molecule has 2 atom stereocenters. The lowest BCUT2D eigenvalue weighted by atomic mass is 9.98. The summed E-state index contributed by atoms with van der Waals surface area (Å²) >= 11 is 0. The standard InChI is InChI=1S/C21H26N2O3.ClH/c1-15-7-6-8-16(11-15)12-18(21(25)26-2)14-23-20(24)13-19(22)17-9-4-3-5-10-17;/h3-11,18-19H,12-14,22H2,1-2H3,(H,23,24);1H. The number of methoxy groups -OCH3 is 1. The minimum Gasteiger partial charge on any atom is -0.469 e.